The number of hydrogen-bond acceptors (Lipinski definition) is 5. The van der Waals surface area contributed by atoms with E-state index in [2.05, 4.69) is 0 Å². The molecule has 0 N–H and O–H groups in total. The van der Waals surface area contributed by atoms with Gasteiger partial charge >= 0.3 is 0 Å². The number of carboxylic acid groups (broad SMARTS) is 2. The largest absolute Gasteiger partial charge is 0.550 e. The molecule has 0 saturated heterocycles. The Labute approximate surface area is 138 Å². The molecule has 1 fully saturated rings. The lowest BCUT2D eigenvalue weighted by atomic mass is 9.81. The molecule has 0 radical (unpaired) electrons. The summed E-state index contributed by atoms with van der Waals surface area (Å²) in [5.74, 6) is -2.77. The molecule has 1 aliphatic rings. The molecular weight excluding hydrogens is 296 g/mol. The van der Waals surface area contributed by atoms with Crippen LogP contribution in [0.1, 0.15) is 83.5 Å². The standard InChI is InChI=1S/C18H30O5/c19-16(20)12-10-14-8-6-4-2-1-3-5-7-9-15(18(14)23)11-13-17(21)22/h14-15H,1-13H2,(H,19,20)(H,21,22)/p-2/t14-,15-/m0/s1. The number of carboxylic acids is 2. The van der Waals surface area contributed by atoms with Crippen LogP contribution in [0.5, 0.6) is 0 Å². The summed E-state index contributed by atoms with van der Waals surface area (Å²) in [6.07, 6.45) is 9.32. The minimum atomic E-state index is -1.13. The summed E-state index contributed by atoms with van der Waals surface area (Å²) < 4.78 is 0. The lowest BCUT2D eigenvalue weighted by Crippen LogP contribution is -2.29. The molecule has 0 spiro atoms. The van der Waals surface area contributed by atoms with Crippen molar-refractivity contribution in [2.75, 3.05) is 0 Å². The van der Waals surface area contributed by atoms with Crippen molar-refractivity contribution in [2.45, 2.75) is 83.5 Å². The molecule has 23 heavy (non-hydrogen) atoms. The Morgan fingerprint density at radius 3 is 1.43 bits per heavy atom. The average Bonchev–Trinajstić information content (AvgIpc) is 2.48. The van der Waals surface area contributed by atoms with Gasteiger partial charge in [-0.15, -0.1) is 0 Å². The van der Waals surface area contributed by atoms with Crippen molar-refractivity contribution >= 4 is 17.7 Å². The zero-order chi connectivity index (χ0) is 17.1. The Morgan fingerprint density at radius 2 is 1.09 bits per heavy atom. The first-order valence-electron chi connectivity index (χ1n) is 8.94. The molecule has 2 atom stereocenters. The van der Waals surface area contributed by atoms with Crippen LogP contribution in [0.2, 0.25) is 0 Å². The van der Waals surface area contributed by atoms with Crippen molar-refractivity contribution in [2.24, 2.45) is 11.8 Å². The molecule has 0 heterocycles. The maximum Gasteiger partial charge on any atom is 0.139 e. The van der Waals surface area contributed by atoms with E-state index >= 15 is 0 Å². The smallest absolute Gasteiger partial charge is 0.139 e. The van der Waals surface area contributed by atoms with E-state index in [-0.39, 0.29) is 30.5 Å². The minimum absolute atomic E-state index is 0.0491. The zero-order valence-corrected chi connectivity index (χ0v) is 13.9. The Balaban J connectivity index is 2.72. The van der Waals surface area contributed by atoms with Crippen LogP contribution in [0.25, 0.3) is 0 Å². The van der Waals surface area contributed by atoms with Crippen molar-refractivity contribution in [3.8, 4) is 0 Å². The van der Waals surface area contributed by atoms with Gasteiger partial charge in [0.1, 0.15) is 5.78 Å². The summed E-state index contributed by atoms with van der Waals surface area (Å²) >= 11 is 0. The first-order chi connectivity index (χ1) is 11.0. The molecule has 0 bridgehead atoms. The first kappa shape index (κ1) is 19.7. The van der Waals surface area contributed by atoms with E-state index < -0.39 is 11.9 Å². The van der Waals surface area contributed by atoms with Crippen molar-refractivity contribution in [3.05, 3.63) is 0 Å². The average molecular weight is 324 g/mol. The lowest BCUT2D eigenvalue weighted by molar-refractivity contribution is -0.307. The molecule has 132 valence electrons. The maximum atomic E-state index is 12.8. The maximum absolute atomic E-state index is 12.8. The van der Waals surface area contributed by atoms with Gasteiger partial charge in [0, 0.05) is 23.8 Å². The SMILES string of the molecule is O=C([O-])CC[C@@H]1CCCCCCCCC[C@@H](CCC(=O)[O-])C1=O. The Hall–Kier alpha value is -1.39. The zero-order valence-electron chi connectivity index (χ0n) is 13.9. The molecular formula is C18H28O5-2. The molecule has 0 aromatic heterocycles. The number of hydrogen-bond donors (Lipinski definition) is 0. The predicted octanol–water partition coefficient (Wildman–Crippen LogP) is 1.37. The highest BCUT2D eigenvalue weighted by molar-refractivity contribution is 5.84. The fraction of sp³-hybridized carbons (Fsp3) is 0.833. The molecule has 1 saturated carbocycles. The van der Waals surface area contributed by atoms with Crippen LogP contribution in [0.4, 0.5) is 0 Å². The Bertz CT molecular complexity index is 357. The Kier molecular flexibility index (Phi) is 9.57. The highest BCUT2D eigenvalue weighted by atomic mass is 16.4. The predicted molar refractivity (Wildman–Crippen MR) is 82.0 cm³/mol. The molecule has 0 aliphatic heterocycles. The molecule has 0 amide bonds. The van der Waals surface area contributed by atoms with E-state index in [9.17, 15) is 24.6 Å². The second-order valence-corrected chi connectivity index (χ2v) is 6.67. The van der Waals surface area contributed by atoms with E-state index in [1.165, 1.54) is 6.42 Å². The van der Waals surface area contributed by atoms with Crippen LogP contribution in [-0.2, 0) is 14.4 Å². The van der Waals surface area contributed by atoms with E-state index in [4.69, 9.17) is 0 Å². The normalized spacial score (nSPS) is 24.4. The van der Waals surface area contributed by atoms with Gasteiger partial charge in [0.2, 0.25) is 0 Å². The fourth-order valence-corrected chi connectivity index (χ4v) is 3.44. The fourth-order valence-electron chi connectivity index (χ4n) is 3.44. The molecule has 5 heteroatoms. The quantitative estimate of drug-likeness (QED) is 0.735. The summed E-state index contributed by atoms with van der Waals surface area (Å²) in [5.41, 5.74) is 0. The minimum Gasteiger partial charge on any atom is -0.550 e. The van der Waals surface area contributed by atoms with Crippen LogP contribution in [0.15, 0.2) is 0 Å². The van der Waals surface area contributed by atoms with Gasteiger partial charge in [-0.1, -0.05) is 44.9 Å². The van der Waals surface area contributed by atoms with Gasteiger partial charge in [0.25, 0.3) is 0 Å². The van der Waals surface area contributed by atoms with Crippen LogP contribution < -0.4 is 10.2 Å². The number of ketones is 1. The monoisotopic (exact) mass is 324 g/mol. The first-order valence-corrected chi connectivity index (χ1v) is 8.94. The van der Waals surface area contributed by atoms with Gasteiger partial charge in [-0.3, -0.25) is 4.79 Å². The number of carbonyl (C=O) groups excluding carboxylic acids is 3. The second kappa shape index (κ2) is 11.2. The number of rotatable bonds is 6. The van der Waals surface area contributed by atoms with Gasteiger partial charge in [0.15, 0.2) is 0 Å². The van der Waals surface area contributed by atoms with Gasteiger partial charge in [-0.05, 0) is 38.5 Å². The van der Waals surface area contributed by atoms with E-state index in [1.807, 2.05) is 0 Å². The van der Waals surface area contributed by atoms with Gasteiger partial charge in [-0.25, -0.2) is 0 Å². The molecule has 0 aromatic carbocycles. The van der Waals surface area contributed by atoms with Crippen LogP contribution in [0.3, 0.4) is 0 Å². The molecule has 1 rings (SSSR count). The van der Waals surface area contributed by atoms with Gasteiger partial charge in [0.05, 0.1) is 0 Å². The van der Waals surface area contributed by atoms with Crippen molar-refractivity contribution in [1.29, 1.82) is 0 Å². The number of Topliss-reactive ketones (excluding diaryl/α,β-unsaturated/α-hetero) is 1. The lowest BCUT2D eigenvalue weighted by Gasteiger charge is -2.24. The van der Waals surface area contributed by atoms with Crippen LogP contribution >= 0.6 is 0 Å². The highest BCUT2D eigenvalue weighted by Crippen LogP contribution is 2.27. The number of aliphatic carboxylic acids is 2. The summed E-state index contributed by atoms with van der Waals surface area (Å²) in [4.78, 5) is 34.2. The van der Waals surface area contributed by atoms with Gasteiger partial charge < -0.3 is 19.8 Å². The summed E-state index contributed by atoms with van der Waals surface area (Å²) in [6, 6.07) is 0. The molecule has 0 unspecified atom stereocenters. The van der Waals surface area contributed by atoms with Gasteiger partial charge in [-0.2, -0.15) is 0 Å². The second-order valence-electron chi connectivity index (χ2n) is 6.67. The third-order valence-corrected chi connectivity index (χ3v) is 4.80. The van der Waals surface area contributed by atoms with Crippen molar-refractivity contribution in [1.82, 2.24) is 0 Å². The van der Waals surface area contributed by atoms with E-state index in [0.29, 0.717) is 25.7 Å². The molecule has 1 aliphatic carbocycles. The highest BCUT2D eigenvalue weighted by Gasteiger charge is 2.26. The van der Waals surface area contributed by atoms with Crippen molar-refractivity contribution in [3.63, 3.8) is 0 Å². The van der Waals surface area contributed by atoms with Crippen LogP contribution in [0, 0.1) is 11.8 Å². The van der Waals surface area contributed by atoms with Crippen LogP contribution in [-0.4, -0.2) is 17.7 Å². The summed E-state index contributed by atoms with van der Waals surface area (Å²) in [5, 5.41) is 21.4. The topological polar surface area (TPSA) is 97.3 Å². The van der Waals surface area contributed by atoms with E-state index in [1.54, 1.807) is 0 Å². The summed E-state index contributed by atoms with van der Waals surface area (Å²) in [6.45, 7) is 0. The molecule has 0 aromatic rings. The third kappa shape index (κ3) is 8.72. The van der Waals surface area contributed by atoms with Crippen molar-refractivity contribution < 1.29 is 24.6 Å². The third-order valence-electron chi connectivity index (χ3n) is 4.80. The molecule has 5 nitrogen and oxygen atoms in total. The number of carbonyl (C=O) groups is 3. The van der Waals surface area contributed by atoms with E-state index in [0.717, 1.165) is 38.5 Å². The summed E-state index contributed by atoms with van der Waals surface area (Å²) in [7, 11) is 0. The Morgan fingerprint density at radius 1 is 0.739 bits per heavy atom.